The Bertz CT molecular complexity index is 709. The van der Waals surface area contributed by atoms with Gasteiger partial charge >= 0.3 is 0 Å². The number of nitrogens with zero attached hydrogens (tertiary/aromatic N) is 4. The molecule has 0 unspecified atom stereocenters. The zero-order valence-corrected chi connectivity index (χ0v) is 10.3. The molecule has 0 aliphatic heterocycles. The third-order valence-electron chi connectivity index (χ3n) is 2.85. The summed E-state index contributed by atoms with van der Waals surface area (Å²) in [5, 5.41) is 5.12. The van der Waals surface area contributed by atoms with E-state index < -0.39 is 0 Å². The highest BCUT2D eigenvalue weighted by Gasteiger charge is 2.09. The lowest BCUT2D eigenvalue weighted by atomic mass is 10.1. The quantitative estimate of drug-likeness (QED) is 0.705. The van der Waals surface area contributed by atoms with E-state index in [0.717, 1.165) is 16.7 Å². The van der Waals surface area contributed by atoms with E-state index in [4.69, 9.17) is 5.73 Å². The van der Waals surface area contributed by atoms with Gasteiger partial charge < -0.3 is 5.73 Å². The van der Waals surface area contributed by atoms with Crippen molar-refractivity contribution in [3.63, 3.8) is 0 Å². The van der Waals surface area contributed by atoms with Crippen LogP contribution in [0.2, 0.25) is 0 Å². The maximum atomic E-state index is 5.80. The Hall–Kier alpha value is -2.43. The van der Waals surface area contributed by atoms with Crippen LogP contribution in [-0.2, 0) is 0 Å². The van der Waals surface area contributed by atoms with E-state index >= 15 is 0 Å². The van der Waals surface area contributed by atoms with Crippen LogP contribution in [-0.4, -0.2) is 19.7 Å². The standard InChI is InChI=1S/C13H13N5/c1-8-3-9(2)5-10(4-8)18-13-11(6-17-18)12(14)15-7-16-13/h3-7H,1-2H3,(H2,14,15,16). The molecule has 3 aromatic rings. The lowest BCUT2D eigenvalue weighted by molar-refractivity contribution is 0.892. The number of nitrogens with two attached hydrogens (primary N) is 1. The van der Waals surface area contributed by atoms with E-state index in [1.54, 1.807) is 10.9 Å². The van der Waals surface area contributed by atoms with Gasteiger partial charge in [0.1, 0.15) is 12.1 Å². The van der Waals surface area contributed by atoms with Crippen LogP contribution in [0.1, 0.15) is 11.1 Å². The number of rotatable bonds is 1. The Morgan fingerprint density at radius 2 is 1.78 bits per heavy atom. The highest BCUT2D eigenvalue weighted by Crippen LogP contribution is 2.20. The predicted octanol–water partition coefficient (Wildman–Crippen LogP) is 2.01. The van der Waals surface area contributed by atoms with Crippen LogP contribution in [0.15, 0.2) is 30.7 Å². The molecular weight excluding hydrogens is 226 g/mol. The van der Waals surface area contributed by atoms with Gasteiger partial charge in [-0.25, -0.2) is 14.6 Å². The number of benzene rings is 1. The van der Waals surface area contributed by atoms with Gasteiger partial charge in [0.2, 0.25) is 0 Å². The molecular formula is C13H13N5. The van der Waals surface area contributed by atoms with E-state index in [2.05, 4.69) is 47.1 Å². The van der Waals surface area contributed by atoms with E-state index in [-0.39, 0.29) is 0 Å². The normalized spacial score (nSPS) is 11.0. The molecule has 0 fully saturated rings. The number of nitrogen functional groups attached to an aromatic ring is 1. The fraction of sp³-hybridized carbons (Fsp3) is 0.154. The molecule has 0 bridgehead atoms. The second-order valence-corrected chi connectivity index (χ2v) is 4.40. The molecule has 0 aliphatic rings. The monoisotopic (exact) mass is 239 g/mol. The molecule has 0 saturated heterocycles. The van der Waals surface area contributed by atoms with Gasteiger partial charge in [0.15, 0.2) is 5.65 Å². The van der Waals surface area contributed by atoms with Crippen LogP contribution in [0, 0.1) is 13.8 Å². The summed E-state index contributed by atoms with van der Waals surface area (Å²) in [6, 6.07) is 6.26. The second-order valence-electron chi connectivity index (χ2n) is 4.40. The molecule has 2 heterocycles. The summed E-state index contributed by atoms with van der Waals surface area (Å²) in [6.45, 7) is 4.12. The number of anilines is 1. The molecule has 1 aromatic carbocycles. The minimum absolute atomic E-state index is 0.454. The van der Waals surface area contributed by atoms with Crippen LogP contribution in [0.25, 0.3) is 16.7 Å². The molecule has 0 radical (unpaired) electrons. The van der Waals surface area contributed by atoms with E-state index in [1.807, 2.05) is 0 Å². The van der Waals surface area contributed by atoms with Gasteiger partial charge in [0, 0.05) is 0 Å². The van der Waals surface area contributed by atoms with Crippen molar-refractivity contribution in [3.8, 4) is 5.69 Å². The second kappa shape index (κ2) is 3.80. The number of aryl methyl sites for hydroxylation is 2. The van der Waals surface area contributed by atoms with Gasteiger partial charge in [0.25, 0.3) is 0 Å². The predicted molar refractivity (Wildman–Crippen MR) is 70.5 cm³/mol. The third-order valence-corrected chi connectivity index (χ3v) is 2.85. The van der Waals surface area contributed by atoms with Gasteiger partial charge in [-0.05, 0) is 37.1 Å². The first-order chi connectivity index (χ1) is 8.65. The minimum atomic E-state index is 0.454. The van der Waals surface area contributed by atoms with Gasteiger partial charge in [-0.1, -0.05) is 6.07 Å². The van der Waals surface area contributed by atoms with Crippen molar-refractivity contribution in [2.24, 2.45) is 0 Å². The first-order valence-electron chi connectivity index (χ1n) is 5.68. The maximum Gasteiger partial charge on any atom is 0.168 e. The number of fused-ring (bicyclic) bond motifs is 1. The molecule has 2 N–H and O–H groups in total. The van der Waals surface area contributed by atoms with Crippen molar-refractivity contribution in [2.75, 3.05) is 5.73 Å². The summed E-state index contributed by atoms with van der Waals surface area (Å²) < 4.78 is 1.79. The lowest BCUT2D eigenvalue weighted by Crippen LogP contribution is -2.00. The molecule has 90 valence electrons. The van der Waals surface area contributed by atoms with Crippen LogP contribution < -0.4 is 5.73 Å². The highest BCUT2D eigenvalue weighted by atomic mass is 15.3. The summed E-state index contributed by atoms with van der Waals surface area (Å²) >= 11 is 0. The Kier molecular flexibility index (Phi) is 2.26. The van der Waals surface area contributed by atoms with Crippen LogP contribution in [0.5, 0.6) is 0 Å². The van der Waals surface area contributed by atoms with Crippen molar-refractivity contribution in [3.05, 3.63) is 41.9 Å². The van der Waals surface area contributed by atoms with Crippen molar-refractivity contribution in [2.45, 2.75) is 13.8 Å². The van der Waals surface area contributed by atoms with Crippen LogP contribution in [0.3, 0.4) is 0 Å². The number of hydrogen-bond acceptors (Lipinski definition) is 4. The molecule has 5 heteroatoms. The molecule has 0 amide bonds. The average molecular weight is 239 g/mol. The molecule has 5 nitrogen and oxygen atoms in total. The topological polar surface area (TPSA) is 69.6 Å². The first kappa shape index (κ1) is 10.7. The van der Waals surface area contributed by atoms with Gasteiger partial charge in [0.05, 0.1) is 17.3 Å². The van der Waals surface area contributed by atoms with Gasteiger partial charge in [-0.2, -0.15) is 5.10 Å². The molecule has 0 aliphatic carbocycles. The molecule has 2 aromatic heterocycles. The van der Waals surface area contributed by atoms with Crippen LogP contribution >= 0.6 is 0 Å². The Labute approximate surface area is 104 Å². The highest BCUT2D eigenvalue weighted by molar-refractivity contribution is 5.85. The summed E-state index contributed by atoms with van der Waals surface area (Å²) in [5.74, 6) is 0.454. The Morgan fingerprint density at radius 1 is 1.06 bits per heavy atom. The maximum absolute atomic E-state index is 5.80. The fourth-order valence-corrected chi connectivity index (χ4v) is 2.12. The molecule has 3 rings (SSSR count). The van der Waals surface area contributed by atoms with Gasteiger partial charge in [-0.15, -0.1) is 0 Å². The summed E-state index contributed by atoms with van der Waals surface area (Å²) in [6.07, 6.45) is 3.15. The Balaban J connectivity index is 2.29. The largest absolute Gasteiger partial charge is 0.383 e. The first-order valence-corrected chi connectivity index (χ1v) is 5.68. The minimum Gasteiger partial charge on any atom is -0.383 e. The van der Waals surface area contributed by atoms with Crippen molar-refractivity contribution < 1.29 is 0 Å². The van der Waals surface area contributed by atoms with E-state index in [1.165, 1.54) is 17.5 Å². The van der Waals surface area contributed by atoms with Crippen molar-refractivity contribution in [1.82, 2.24) is 19.7 Å². The summed E-state index contributed by atoms with van der Waals surface area (Å²) in [5.41, 5.74) is 9.90. The summed E-state index contributed by atoms with van der Waals surface area (Å²) in [4.78, 5) is 8.21. The number of hydrogen-bond donors (Lipinski definition) is 1. The lowest BCUT2D eigenvalue weighted by Gasteiger charge is -2.05. The smallest absolute Gasteiger partial charge is 0.168 e. The molecule has 0 spiro atoms. The number of aromatic nitrogens is 4. The average Bonchev–Trinajstić information content (AvgIpc) is 2.73. The molecule has 0 saturated carbocycles. The Morgan fingerprint density at radius 3 is 2.50 bits per heavy atom. The van der Waals surface area contributed by atoms with E-state index in [0.29, 0.717) is 5.82 Å². The molecule has 18 heavy (non-hydrogen) atoms. The van der Waals surface area contributed by atoms with E-state index in [9.17, 15) is 0 Å². The van der Waals surface area contributed by atoms with Gasteiger partial charge in [-0.3, -0.25) is 0 Å². The zero-order chi connectivity index (χ0) is 12.7. The van der Waals surface area contributed by atoms with Crippen molar-refractivity contribution in [1.29, 1.82) is 0 Å². The third kappa shape index (κ3) is 1.60. The fourth-order valence-electron chi connectivity index (χ4n) is 2.12. The zero-order valence-electron chi connectivity index (χ0n) is 10.3. The summed E-state index contributed by atoms with van der Waals surface area (Å²) in [7, 11) is 0. The van der Waals surface area contributed by atoms with Crippen LogP contribution in [0.4, 0.5) is 5.82 Å². The van der Waals surface area contributed by atoms with Crippen molar-refractivity contribution >= 4 is 16.9 Å². The molecule has 0 atom stereocenters. The SMILES string of the molecule is Cc1cc(C)cc(-n2ncc3c(N)ncnc32)c1.